The topological polar surface area (TPSA) is 69.9 Å². The fourth-order valence-corrected chi connectivity index (χ4v) is 3.06. The molecule has 4 nitrogen and oxygen atoms in total. The number of benzene rings is 1. The molecule has 0 spiro atoms. The Balaban J connectivity index is 3.35. The minimum atomic E-state index is -2.38. The van der Waals surface area contributed by atoms with Crippen LogP contribution >= 0.6 is 8.60 Å². The van der Waals surface area contributed by atoms with E-state index in [4.69, 9.17) is 14.3 Å². The van der Waals surface area contributed by atoms with E-state index < -0.39 is 14.7 Å². The summed E-state index contributed by atoms with van der Waals surface area (Å²) < 4.78 is 4.82. The van der Waals surface area contributed by atoms with Gasteiger partial charge in [0, 0.05) is 6.42 Å². The van der Waals surface area contributed by atoms with E-state index in [1.54, 1.807) is 0 Å². The van der Waals surface area contributed by atoms with Gasteiger partial charge in [-0.1, -0.05) is 59.2 Å². The van der Waals surface area contributed by atoms with Gasteiger partial charge in [-0.15, -0.1) is 0 Å². The number of rotatable bonds is 5. The molecule has 0 amide bonds. The first kappa shape index (κ1) is 20.5. The van der Waals surface area contributed by atoms with Gasteiger partial charge < -0.3 is 19.4 Å². The Bertz CT molecular complexity index is 492. The van der Waals surface area contributed by atoms with Crippen molar-refractivity contribution in [2.24, 2.45) is 0 Å². The van der Waals surface area contributed by atoms with Crippen LogP contribution in [0, 0.1) is 6.92 Å². The normalized spacial score (nSPS) is 14.4. The number of hydrogen-bond donors (Lipinski definition) is 3. The smallest absolute Gasteiger partial charge is 0.327 e. The Morgan fingerprint density at radius 1 is 1.00 bits per heavy atom. The fraction of sp³-hybridized carbons (Fsp3) is 0.667. The molecule has 0 aliphatic carbocycles. The second-order valence-electron chi connectivity index (χ2n) is 8.16. The van der Waals surface area contributed by atoms with Gasteiger partial charge in [0.1, 0.15) is 0 Å². The van der Waals surface area contributed by atoms with Crippen molar-refractivity contribution in [2.75, 3.05) is 6.61 Å². The Labute approximate surface area is 141 Å². The maximum atomic E-state index is 10.8. The molecule has 1 aromatic rings. The highest BCUT2D eigenvalue weighted by molar-refractivity contribution is 7.39. The highest BCUT2D eigenvalue weighted by Gasteiger charge is 2.29. The minimum absolute atomic E-state index is 0.0935. The van der Waals surface area contributed by atoms with Crippen LogP contribution < -0.4 is 0 Å². The quantitative estimate of drug-likeness (QED) is 0.700. The molecule has 3 N–H and O–H groups in total. The van der Waals surface area contributed by atoms with Crippen molar-refractivity contribution in [1.29, 1.82) is 0 Å². The van der Waals surface area contributed by atoms with Crippen molar-refractivity contribution in [3.05, 3.63) is 34.4 Å². The summed E-state index contributed by atoms with van der Waals surface area (Å²) in [6.07, 6.45) is -0.371. The molecule has 1 rings (SSSR count). The van der Waals surface area contributed by atoms with Crippen molar-refractivity contribution >= 4 is 8.60 Å². The molecule has 0 bridgehead atoms. The van der Waals surface area contributed by atoms with E-state index in [1.165, 1.54) is 5.56 Å². The first-order valence-electron chi connectivity index (χ1n) is 7.98. The van der Waals surface area contributed by atoms with Crippen LogP contribution in [-0.2, 0) is 15.4 Å². The monoisotopic (exact) mass is 342 g/mol. The van der Waals surface area contributed by atoms with Crippen LogP contribution in [0.2, 0.25) is 0 Å². The summed E-state index contributed by atoms with van der Waals surface area (Å²) in [6.45, 7) is 15.0. The molecular formula is C18H31O4P. The Morgan fingerprint density at radius 3 is 1.78 bits per heavy atom. The van der Waals surface area contributed by atoms with Crippen LogP contribution in [0.1, 0.15) is 76.3 Å². The third kappa shape index (κ3) is 5.81. The molecule has 0 heterocycles. The van der Waals surface area contributed by atoms with Crippen molar-refractivity contribution < 1.29 is 19.4 Å². The minimum Gasteiger partial charge on any atom is -0.388 e. The molecule has 1 aromatic carbocycles. The Kier molecular flexibility index (Phi) is 6.77. The van der Waals surface area contributed by atoms with E-state index in [0.29, 0.717) is 6.42 Å². The SMILES string of the molecule is Cc1cc(C(C)(C)C)c(C(O)CCOP(O)O)c(C(C)(C)C)c1. The number of hydrogen-bond acceptors (Lipinski definition) is 4. The second kappa shape index (κ2) is 7.58. The molecule has 0 aliphatic heterocycles. The van der Waals surface area contributed by atoms with Crippen LogP contribution in [0.15, 0.2) is 12.1 Å². The standard InChI is InChI=1S/C18H31O4P/c1-12-10-13(17(2,3)4)16(14(11-12)18(5,6)7)15(19)8-9-22-23(20)21/h10-11,15,19-21H,8-9H2,1-7H3. The zero-order valence-electron chi connectivity index (χ0n) is 15.3. The first-order chi connectivity index (χ1) is 10.3. The van der Waals surface area contributed by atoms with Gasteiger partial charge in [0.05, 0.1) is 12.7 Å². The van der Waals surface area contributed by atoms with Gasteiger partial charge >= 0.3 is 8.60 Å². The zero-order valence-corrected chi connectivity index (χ0v) is 16.2. The third-order valence-corrected chi connectivity index (χ3v) is 4.29. The van der Waals surface area contributed by atoms with E-state index in [9.17, 15) is 5.11 Å². The van der Waals surface area contributed by atoms with Crippen molar-refractivity contribution in [3.63, 3.8) is 0 Å². The predicted molar refractivity (Wildman–Crippen MR) is 95.5 cm³/mol. The summed E-state index contributed by atoms with van der Waals surface area (Å²) in [5.41, 5.74) is 4.20. The van der Waals surface area contributed by atoms with Gasteiger partial charge in [-0.05, 0) is 34.4 Å². The van der Waals surface area contributed by atoms with Crippen LogP contribution in [0.3, 0.4) is 0 Å². The van der Waals surface area contributed by atoms with Crippen molar-refractivity contribution in [3.8, 4) is 0 Å². The van der Waals surface area contributed by atoms with E-state index in [2.05, 4.69) is 60.6 Å². The molecule has 5 heteroatoms. The third-order valence-electron chi connectivity index (χ3n) is 3.87. The summed E-state index contributed by atoms with van der Waals surface area (Å²) in [6, 6.07) is 4.28. The lowest BCUT2D eigenvalue weighted by atomic mass is 9.73. The fourth-order valence-electron chi connectivity index (χ4n) is 2.79. The molecule has 23 heavy (non-hydrogen) atoms. The lowest BCUT2D eigenvalue weighted by Crippen LogP contribution is -2.24. The number of aryl methyl sites for hydroxylation is 1. The predicted octanol–water partition coefficient (Wildman–Crippen LogP) is 4.24. The molecule has 0 radical (unpaired) electrons. The van der Waals surface area contributed by atoms with E-state index in [-0.39, 0.29) is 17.4 Å². The van der Waals surface area contributed by atoms with Crippen LogP contribution in [0.25, 0.3) is 0 Å². The molecule has 0 aromatic heterocycles. The van der Waals surface area contributed by atoms with Gasteiger partial charge in [0.15, 0.2) is 0 Å². The van der Waals surface area contributed by atoms with Gasteiger partial charge in [-0.25, -0.2) is 0 Å². The van der Waals surface area contributed by atoms with Crippen LogP contribution in [-0.4, -0.2) is 21.5 Å². The average molecular weight is 342 g/mol. The number of aliphatic hydroxyl groups is 1. The summed E-state index contributed by atoms with van der Waals surface area (Å²) in [7, 11) is -2.38. The molecule has 0 fully saturated rings. The van der Waals surface area contributed by atoms with Crippen molar-refractivity contribution in [2.45, 2.75) is 71.8 Å². The van der Waals surface area contributed by atoms with Gasteiger partial charge in [-0.3, -0.25) is 0 Å². The van der Waals surface area contributed by atoms with E-state index >= 15 is 0 Å². The largest absolute Gasteiger partial charge is 0.388 e. The molecule has 1 unspecified atom stereocenters. The van der Waals surface area contributed by atoms with Gasteiger partial charge in [-0.2, -0.15) is 0 Å². The molecule has 132 valence electrons. The van der Waals surface area contributed by atoms with Crippen molar-refractivity contribution in [1.82, 2.24) is 0 Å². The lowest BCUT2D eigenvalue weighted by Gasteiger charge is -2.33. The molecule has 1 atom stereocenters. The van der Waals surface area contributed by atoms with Crippen LogP contribution in [0.5, 0.6) is 0 Å². The Hall–Kier alpha value is -0.510. The van der Waals surface area contributed by atoms with Gasteiger partial charge in [0.25, 0.3) is 0 Å². The molecule has 0 aliphatic rings. The highest BCUT2D eigenvalue weighted by Crippen LogP contribution is 2.39. The van der Waals surface area contributed by atoms with E-state index in [1.807, 2.05) is 0 Å². The zero-order chi connectivity index (χ0) is 18.0. The molecule has 0 saturated carbocycles. The van der Waals surface area contributed by atoms with Crippen LogP contribution in [0.4, 0.5) is 0 Å². The highest BCUT2D eigenvalue weighted by atomic mass is 31.2. The maximum Gasteiger partial charge on any atom is 0.327 e. The summed E-state index contributed by atoms with van der Waals surface area (Å²) in [5, 5.41) is 10.8. The molecule has 0 saturated heterocycles. The maximum absolute atomic E-state index is 10.8. The number of aliphatic hydroxyl groups excluding tert-OH is 1. The summed E-state index contributed by atoms with van der Waals surface area (Å²) in [4.78, 5) is 17.7. The van der Waals surface area contributed by atoms with E-state index in [0.717, 1.165) is 16.7 Å². The summed E-state index contributed by atoms with van der Waals surface area (Å²) >= 11 is 0. The first-order valence-corrected chi connectivity index (χ1v) is 9.15. The average Bonchev–Trinajstić information content (AvgIpc) is 2.34. The second-order valence-corrected chi connectivity index (χ2v) is 8.93. The summed E-state index contributed by atoms with van der Waals surface area (Å²) in [5.74, 6) is 0. The van der Waals surface area contributed by atoms with Gasteiger partial charge in [0.2, 0.25) is 0 Å². The lowest BCUT2D eigenvalue weighted by molar-refractivity contribution is 0.132. The Morgan fingerprint density at radius 2 is 1.43 bits per heavy atom. The molecular weight excluding hydrogens is 311 g/mol.